The van der Waals surface area contributed by atoms with E-state index in [1.807, 2.05) is 12.1 Å². The molecule has 0 radical (unpaired) electrons. The molecule has 0 saturated heterocycles. The van der Waals surface area contributed by atoms with Gasteiger partial charge >= 0.3 is 0 Å². The number of carbonyl (C=O) groups is 1. The van der Waals surface area contributed by atoms with Crippen LogP contribution in [0.5, 0.6) is 0 Å². The molecule has 0 fully saturated rings. The molecule has 0 aliphatic carbocycles. The second-order valence-electron chi connectivity index (χ2n) is 3.74. The highest BCUT2D eigenvalue weighted by Gasteiger charge is 2.18. The number of carbonyl (C=O) groups excluding carboxylic acids is 1. The van der Waals surface area contributed by atoms with Crippen LogP contribution >= 0.6 is 11.6 Å². The van der Waals surface area contributed by atoms with Gasteiger partial charge in [0.15, 0.2) is 0 Å². The summed E-state index contributed by atoms with van der Waals surface area (Å²) in [5.41, 5.74) is 7.31. The molecule has 4 nitrogen and oxygen atoms in total. The minimum atomic E-state index is 0.0167. The van der Waals surface area contributed by atoms with Gasteiger partial charge in [-0.25, -0.2) is 0 Å². The topological polar surface area (TPSA) is 58.4 Å². The first-order chi connectivity index (χ1) is 7.70. The van der Waals surface area contributed by atoms with Crippen molar-refractivity contribution in [1.82, 2.24) is 0 Å². The molecule has 3 N–H and O–H groups in total. The highest BCUT2D eigenvalue weighted by atomic mass is 35.5. The van der Waals surface area contributed by atoms with E-state index < -0.39 is 0 Å². The molecule has 16 heavy (non-hydrogen) atoms. The van der Waals surface area contributed by atoms with Crippen LogP contribution in [0.3, 0.4) is 0 Å². The van der Waals surface area contributed by atoms with Gasteiger partial charge in [0.05, 0.1) is 11.4 Å². The van der Waals surface area contributed by atoms with Crippen molar-refractivity contribution >= 4 is 28.9 Å². The van der Waals surface area contributed by atoms with E-state index in [1.165, 1.54) is 0 Å². The molecule has 0 saturated carbocycles. The Balaban J connectivity index is 2.38. The maximum absolute atomic E-state index is 11.5. The van der Waals surface area contributed by atoms with Crippen molar-refractivity contribution in [3.05, 3.63) is 23.2 Å². The average molecular weight is 240 g/mol. The number of fused-ring (bicyclic) bond motifs is 1. The van der Waals surface area contributed by atoms with Gasteiger partial charge in [-0.05, 0) is 18.2 Å². The Bertz CT molecular complexity index is 408. The normalized spacial score (nSPS) is 15.4. The Morgan fingerprint density at radius 2 is 2.31 bits per heavy atom. The lowest BCUT2D eigenvalue weighted by atomic mass is 10.2. The van der Waals surface area contributed by atoms with Crippen LogP contribution in [0.2, 0.25) is 5.02 Å². The number of anilines is 2. The van der Waals surface area contributed by atoms with E-state index in [-0.39, 0.29) is 5.91 Å². The van der Waals surface area contributed by atoms with Crippen LogP contribution in [0, 0.1) is 0 Å². The van der Waals surface area contributed by atoms with Crippen molar-refractivity contribution in [1.29, 1.82) is 0 Å². The molecule has 0 unspecified atom stereocenters. The summed E-state index contributed by atoms with van der Waals surface area (Å²) in [6.07, 6.45) is 0.478. The van der Waals surface area contributed by atoms with E-state index in [0.717, 1.165) is 17.9 Å². The summed E-state index contributed by atoms with van der Waals surface area (Å²) in [5.74, 6) is 0.0167. The number of nitrogens with two attached hydrogens (primary N) is 1. The van der Waals surface area contributed by atoms with Gasteiger partial charge in [-0.3, -0.25) is 4.79 Å². The van der Waals surface area contributed by atoms with Crippen LogP contribution in [0.4, 0.5) is 11.4 Å². The zero-order valence-electron chi connectivity index (χ0n) is 8.87. The van der Waals surface area contributed by atoms with E-state index in [4.69, 9.17) is 17.3 Å². The highest BCUT2D eigenvalue weighted by molar-refractivity contribution is 6.31. The highest BCUT2D eigenvalue weighted by Crippen LogP contribution is 2.31. The first kappa shape index (κ1) is 11.2. The summed E-state index contributed by atoms with van der Waals surface area (Å²) < 4.78 is 0. The maximum atomic E-state index is 11.5. The first-order valence-corrected chi connectivity index (χ1v) is 5.63. The third-order valence-electron chi connectivity index (χ3n) is 2.58. The van der Waals surface area contributed by atoms with Crippen LogP contribution in [0.25, 0.3) is 0 Å². The summed E-state index contributed by atoms with van der Waals surface area (Å²) in [5, 5.41) is 3.46. The maximum Gasteiger partial charge on any atom is 0.226 e. The Morgan fingerprint density at radius 3 is 3.06 bits per heavy atom. The Kier molecular flexibility index (Phi) is 3.31. The van der Waals surface area contributed by atoms with Gasteiger partial charge in [-0.1, -0.05) is 11.6 Å². The second-order valence-corrected chi connectivity index (χ2v) is 4.17. The van der Waals surface area contributed by atoms with E-state index in [1.54, 1.807) is 6.07 Å². The lowest BCUT2D eigenvalue weighted by molar-refractivity contribution is -0.115. The van der Waals surface area contributed by atoms with Gasteiger partial charge in [-0.15, -0.1) is 0 Å². The number of amides is 1. The van der Waals surface area contributed by atoms with Crippen molar-refractivity contribution in [2.75, 3.05) is 29.9 Å². The van der Waals surface area contributed by atoms with Crippen molar-refractivity contribution in [3.63, 3.8) is 0 Å². The molecule has 86 valence electrons. The molecule has 1 aliphatic rings. The molecule has 0 bridgehead atoms. The minimum Gasteiger partial charge on any atom is -0.368 e. The molecule has 0 spiro atoms. The fourth-order valence-electron chi connectivity index (χ4n) is 1.84. The smallest absolute Gasteiger partial charge is 0.226 e. The van der Waals surface area contributed by atoms with Crippen LogP contribution in [-0.2, 0) is 4.79 Å². The van der Waals surface area contributed by atoms with Crippen LogP contribution in [0.1, 0.15) is 6.42 Å². The molecule has 1 aromatic carbocycles. The monoisotopic (exact) mass is 239 g/mol. The van der Waals surface area contributed by atoms with Crippen molar-refractivity contribution in [2.24, 2.45) is 5.73 Å². The quantitative estimate of drug-likeness (QED) is 0.821. The van der Waals surface area contributed by atoms with Crippen LogP contribution in [-0.4, -0.2) is 25.5 Å². The number of nitrogens with one attached hydrogen (secondary N) is 1. The first-order valence-electron chi connectivity index (χ1n) is 5.25. The summed E-state index contributed by atoms with van der Waals surface area (Å²) in [6.45, 7) is 2.00. The number of rotatable bonds is 2. The second kappa shape index (κ2) is 4.72. The summed E-state index contributed by atoms with van der Waals surface area (Å²) in [7, 11) is 0. The molecule has 0 atom stereocenters. The number of halogens is 1. The molecule has 0 aromatic heterocycles. The number of hydrogen-bond donors (Lipinski definition) is 2. The standard InChI is InChI=1S/C11H14ClN3O/c12-8-1-2-10-9(7-8)14-11(16)3-5-15(10)6-4-13/h1-2,7H,3-6,13H2,(H,14,16). The number of hydrogen-bond acceptors (Lipinski definition) is 3. The van der Waals surface area contributed by atoms with E-state index in [0.29, 0.717) is 24.5 Å². The van der Waals surface area contributed by atoms with Crippen LogP contribution in [0.15, 0.2) is 18.2 Å². The van der Waals surface area contributed by atoms with Gasteiger partial charge in [0.2, 0.25) is 5.91 Å². The van der Waals surface area contributed by atoms with Gasteiger partial charge in [-0.2, -0.15) is 0 Å². The molecule has 1 aliphatic heterocycles. The molecule has 1 amide bonds. The lowest BCUT2D eigenvalue weighted by Gasteiger charge is -2.23. The van der Waals surface area contributed by atoms with E-state index in [9.17, 15) is 4.79 Å². The molecular weight excluding hydrogens is 226 g/mol. The van der Waals surface area contributed by atoms with Gasteiger partial charge in [0, 0.05) is 31.1 Å². The Morgan fingerprint density at radius 1 is 1.50 bits per heavy atom. The molecule has 2 rings (SSSR count). The summed E-state index contributed by atoms with van der Waals surface area (Å²) in [4.78, 5) is 13.6. The fraction of sp³-hybridized carbons (Fsp3) is 0.364. The van der Waals surface area contributed by atoms with Crippen molar-refractivity contribution in [2.45, 2.75) is 6.42 Å². The minimum absolute atomic E-state index is 0.0167. The zero-order chi connectivity index (χ0) is 11.5. The van der Waals surface area contributed by atoms with Crippen LogP contribution < -0.4 is 16.0 Å². The number of nitrogens with zero attached hydrogens (tertiary/aromatic N) is 1. The van der Waals surface area contributed by atoms with Crippen molar-refractivity contribution < 1.29 is 4.79 Å². The Hall–Kier alpha value is -1.26. The van der Waals surface area contributed by atoms with E-state index in [2.05, 4.69) is 10.2 Å². The largest absolute Gasteiger partial charge is 0.368 e. The number of benzene rings is 1. The predicted octanol–water partition coefficient (Wildman–Crippen LogP) is 1.45. The molecular formula is C11H14ClN3O. The predicted molar refractivity (Wildman–Crippen MR) is 66.0 cm³/mol. The van der Waals surface area contributed by atoms with E-state index >= 15 is 0 Å². The fourth-order valence-corrected chi connectivity index (χ4v) is 2.01. The van der Waals surface area contributed by atoms with Gasteiger partial charge in [0.25, 0.3) is 0 Å². The molecule has 5 heteroatoms. The third kappa shape index (κ3) is 2.28. The zero-order valence-corrected chi connectivity index (χ0v) is 9.63. The summed E-state index contributed by atoms with van der Waals surface area (Å²) >= 11 is 5.91. The third-order valence-corrected chi connectivity index (χ3v) is 2.82. The summed E-state index contributed by atoms with van der Waals surface area (Å²) in [6, 6.07) is 5.50. The SMILES string of the molecule is NCCN1CCC(=O)Nc2cc(Cl)ccc21. The van der Waals surface area contributed by atoms with Gasteiger partial charge in [0.1, 0.15) is 0 Å². The van der Waals surface area contributed by atoms with Gasteiger partial charge < -0.3 is 16.0 Å². The average Bonchev–Trinajstić information content (AvgIpc) is 2.38. The molecule has 1 heterocycles. The lowest BCUT2D eigenvalue weighted by Crippen LogP contribution is -2.30. The van der Waals surface area contributed by atoms with Crippen molar-refractivity contribution in [3.8, 4) is 0 Å². The Labute approximate surface area is 99.4 Å². The molecule has 1 aromatic rings.